The van der Waals surface area contributed by atoms with Crippen LogP contribution in [-0.4, -0.2) is 55.1 Å². The number of aromatic amines is 1. The number of H-pyrrole nitrogens is 1. The molecule has 0 radical (unpaired) electrons. The van der Waals surface area contributed by atoms with Gasteiger partial charge in [0.2, 0.25) is 5.91 Å². The van der Waals surface area contributed by atoms with Gasteiger partial charge in [-0.05, 0) is 45.9 Å². The number of carbonyl (C=O) groups excluding carboxylic acids is 1. The molecule has 1 aliphatic rings. The molecule has 136 valence electrons. The molecule has 0 bridgehead atoms. The van der Waals surface area contributed by atoms with Crippen LogP contribution in [-0.2, 0) is 30.8 Å². The van der Waals surface area contributed by atoms with E-state index in [1.54, 1.807) is 0 Å². The molecule has 7 nitrogen and oxygen atoms in total. The van der Waals surface area contributed by atoms with E-state index in [4.69, 9.17) is 0 Å². The van der Waals surface area contributed by atoms with Gasteiger partial charge in [0, 0.05) is 37.4 Å². The minimum absolute atomic E-state index is 0.187. The van der Waals surface area contributed by atoms with Gasteiger partial charge in [0.1, 0.15) is 5.82 Å². The van der Waals surface area contributed by atoms with Crippen molar-refractivity contribution in [3.8, 4) is 0 Å². The molecule has 0 atom stereocenters. The topological polar surface area (TPSA) is 70.1 Å². The van der Waals surface area contributed by atoms with Gasteiger partial charge >= 0.3 is 0 Å². The summed E-state index contributed by atoms with van der Waals surface area (Å²) in [6, 6.07) is 4.44. The molecule has 2 aromatic rings. The number of nitrogens with zero attached hydrogens (tertiary/aromatic N) is 5. The van der Waals surface area contributed by atoms with E-state index in [1.807, 2.05) is 23.2 Å². The van der Waals surface area contributed by atoms with Crippen LogP contribution in [0, 0.1) is 0 Å². The van der Waals surface area contributed by atoms with Gasteiger partial charge in [-0.2, -0.15) is 0 Å². The number of fused-ring (bicyclic) bond motifs is 1. The number of carbonyl (C=O) groups is 1. The highest BCUT2D eigenvalue weighted by molar-refractivity contribution is 5.76. The molecule has 3 heterocycles. The monoisotopic (exact) mass is 344 g/mol. The summed E-state index contributed by atoms with van der Waals surface area (Å²) in [6.45, 7) is 7.35. The molecule has 0 aliphatic carbocycles. The Kier molecular flexibility index (Phi) is 5.53. The van der Waals surface area contributed by atoms with Crippen molar-refractivity contribution >= 4 is 5.91 Å². The maximum Gasteiger partial charge on any atom is 0.223 e. The van der Waals surface area contributed by atoms with Crippen LogP contribution < -0.4 is 0 Å². The van der Waals surface area contributed by atoms with E-state index in [-0.39, 0.29) is 5.91 Å². The standard InChI is InChI=1S/C18H28N6O/c1-14(2)22(3)12-16-20-21-17-13-23(10-5-11-24(16)17)18(25)8-7-15-6-4-9-19-15/h4,6,9,14,19H,5,7-8,10-13H2,1-3H3. The molecule has 2 aromatic heterocycles. The van der Waals surface area contributed by atoms with E-state index in [0.717, 1.165) is 49.8 Å². The summed E-state index contributed by atoms with van der Waals surface area (Å²) < 4.78 is 2.19. The van der Waals surface area contributed by atoms with Gasteiger partial charge in [0.05, 0.1) is 13.1 Å². The third-order valence-electron chi connectivity index (χ3n) is 4.94. The second-order valence-corrected chi connectivity index (χ2v) is 7.06. The number of hydrogen-bond acceptors (Lipinski definition) is 4. The van der Waals surface area contributed by atoms with Gasteiger partial charge in [-0.15, -0.1) is 10.2 Å². The lowest BCUT2D eigenvalue weighted by Crippen LogP contribution is -2.31. The summed E-state index contributed by atoms with van der Waals surface area (Å²) in [5.74, 6) is 2.08. The van der Waals surface area contributed by atoms with Crippen molar-refractivity contribution in [2.45, 2.75) is 58.8 Å². The first kappa shape index (κ1) is 17.7. The third-order valence-corrected chi connectivity index (χ3v) is 4.94. The molecule has 0 saturated heterocycles. The molecule has 25 heavy (non-hydrogen) atoms. The van der Waals surface area contributed by atoms with Crippen LogP contribution in [0.5, 0.6) is 0 Å². The van der Waals surface area contributed by atoms with Crippen molar-refractivity contribution in [1.82, 2.24) is 29.5 Å². The van der Waals surface area contributed by atoms with Gasteiger partial charge < -0.3 is 14.5 Å². The van der Waals surface area contributed by atoms with Crippen LogP contribution in [0.15, 0.2) is 18.3 Å². The van der Waals surface area contributed by atoms with Crippen LogP contribution in [0.1, 0.15) is 44.0 Å². The highest BCUT2D eigenvalue weighted by atomic mass is 16.2. The molecule has 7 heteroatoms. The summed E-state index contributed by atoms with van der Waals surface area (Å²) in [5, 5.41) is 8.73. The van der Waals surface area contributed by atoms with Crippen molar-refractivity contribution in [2.75, 3.05) is 13.6 Å². The van der Waals surface area contributed by atoms with Crippen molar-refractivity contribution in [1.29, 1.82) is 0 Å². The predicted octanol–water partition coefficient (Wildman–Crippen LogP) is 1.81. The molecule has 1 N–H and O–H groups in total. The molecule has 0 fully saturated rings. The smallest absolute Gasteiger partial charge is 0.223 e. The van der Waals surface area contributed by atoms with Crippen molar-refractivity contribution in [2.24, 2.45) is 0 Å². The first-order chi connectivity index (χ1) is 12.0. The highest BCUT2D eigenvalue weighted by Gasteiger charge is 2.23. The fourth-order valence-corrected chi connectivity index (χ4v) is 3.08. The number of aromatic nitrogens is 4. The molecule has 0 saturated carbocycles. The maximum absolute atomic E-state index is 12.6. The summed E-state index contributed by atoms with van der Waals surface area (Å²) in [7, 11) is 2.10. The lowest BCUT2D eigenvalue weighted by atomic mass is 10.2. The van der Waals surface area contributed by atoms with Crippen LogP contribution in [0.25, 0.3) is 0 Å². The Hall–Kier alpha value is -2.15. The van der Waals surface area contributed by atoms with Gasteiger partial charge in [0.25, 0.3) is 0 Å². The Bertz CT molecular complexity index is 690. The molecule has 1 amide bonds. The third kappa shape index (κ3) is 4.28. The second kappa shape index (κ2) is 7.82. The van der Waals surface area contributed by atoms with E-state index < -0.39 is 0 Å². The lowest BCUT2D eigenvalue weighted by molar-refractivity contribution is -0.131. The fraction of sp³-hybridized carbons (Fsp3) is 0.611. The maximum atomic E-state index is 12.6. The Morgan fingerprint density at radius 3 is 2.92 bits per heavy atom. The summed E-state index contributed by atoms with van der Waals surface area (Å²) in [4.78, 5) is 19.9. The van der Waals surface area contributed by atoms with Crippen molar-refractivity contribution in [3.05, 3.63) is 35.7 Å². The minimum Gasteiger partial charge on any atom is -0.365 e. The molecule has 1 aliphatic heterocycles. The first-order valence-corrected chi connectivity index (χ1v) is 9.06. The fourth-order valence-electron chi connectivity index (χ4n) is 3.08. The SMILES string of the molecule is CC(C)N(C)Cc1nnc2n1CCCN(C(=O)CCc1ccc[nH]1)C2. The molecule has 3 rings (SSSR count). The van der Waals surface area contributed by atoms with E-state index in [9.17, 15) is 4.79 Å². The average molecular weight is 344 g/mol. The number of amides is 1. The van der Waals surface area contributed by atoms with Crippen LogP contribution in [0.4, 0.5) is 0 Å². The van der Waals surface area contributed by atoms with Crippen LogP contribution in [0.3, 0.4) is 0 Å². The Morgan fingerprint density at radius 1 is 1.36 bits per heavy atom. The van der Waals surface area contributed by atoms with Gasteiger partial charge in [-0.25, -0.2) is 0 Å². The average Bonchev–Trinajstić information content (AvgIpc) is 3.18. The Labute approximate surface area is 149 Å². The Balaban J connectivity index is 1.63. The molecule has 0 spiro atoms. The number of aryl methyl sites for hydroxylation is 1. The zero-order valence-corrected chi connectivity index (χ0v) is 15.4. The highest BCUT2D eigenvalue weighted by Crippen LogP contribution is 2.15. The first-order valence-electron chi connectivity index (χ1n) is 9.06. The minimum atomic E-state index is 0.187. The van der Waals surface area contributed by atoms with Crippen molar-refractivity contribution in [3.63, 3.8) is 0 Å². The molecule has 0 aromatic carbocycles. The van der Waals surface area contributed by atoms with Gasteiger partial charge in [0.15, 0.2) is 5.82 Å². The number of hydrogen-bond donors (Lipinski definition) is 1. The van der Waals surface area contributed by atoms with E-state index in [1.165, 1.54) is 0 Å². The van der Waals surface area contributed by atoms with Gasteiger partial charge in [-0.3, -0.25) is 9.69 Å². The van der Waals surface area contributed by atoms with Gasteiger partial charge in [-0.1, -0.05) is 0 Å². The van der Waals surface area contributed by atoms with E-state index in [2.05, 4.69) is 45.5 Å². The van der Waals surface area contributed by atoms with Crippen molar-refractivity contribution < 1.29 is 4.79 Å². The summed E-state index contributed by atoms with van der Waals surface area (Å²) in [6.07, 6.45) is 4.11. The van der Waals surface area contributed by atoms with Crippen LogP contribution >= 0.6 is 0 Å². The zero-order chi connectivity index (χ0) is 17.8. The predicted molar refractivity (Wildman–Crippen MR) is 95.8 cm³/mol. The summed E-state index contributed by atoms with van der Waals surface area (Å²) >= 11 is 0. The quantitative estimate of drug-likeness (QED) is 0.868. The number of rotatable bonds is 6. The number of nitrogens with one attached hydrogen (secondary N) is 1. The largest absolute Gasteiger partial charge is 0.365 e. The molecular weight excluding hydrogens is 316 g/mol. The normalized spacial score (nSPS) is 14.8. The van der Waals surface area contributed by atoms with Crippen LogP contribution in [0.2, 0.25) is 0 Å². The second-order valence-electron chi connectivity index (χ2n) is 7.06. The lowest BCUT2D eigenvalue weighted by Gasteiger charge is -2.20. The Morgan fingerprint density at radius 2 is 2.20 bits per heavy atom. The van der Waals surface area contributed by atoms with E-state index in [0.29, 0.717) is 19.0 Å². The summed E-state index contributed by atoms with van der Waals surface area (Å²) in [5.41, 5.74) is 1.10. The van der Waals surface area contributed by atoms with E-state index >= 15 is 0 Å². The molecule has 0 unspecified atom stereocenters. The zero-order valence-electron chi connectivity index (χ0n) is 15.4. The molecular formula is C18H28N6O.